The van der Waals surface area contributed by atoms with Crippen LogP contribution in [-0.4, -0.2) is 15.6 Å². The summed E-state index contributed by atoms with van der Waals surface area (Å²) >= 11 is 0. The number of rotatable bonds is 2. The quantitative estimate of drug-likeness (QED) is 0.914. The highest BCUT2D eigenvalue weighted by Crippen LogP contribution is 2.29. The third-order valence-corrected chi connectivity index (χ3v) is 2.67. The molecule has 0 fully saturated rings. The normalized spacial score (nSPS) is 11.6. The van der Waals surface area contributed by atoms with Gasteiger partial charge in [0, 0.05) is 25.0 Å². The summed E-state index contributed by atoms with van der Waals surface area (Å²) in [5.74, 6) is -0.899. The summed E-state index contributed by atoms with van der Waals surface area (Å²) in [7, 11) is 1.75. The van der Waals surface area contributed by atoms with Crippen LogP contribution in [0.25, 0.3) is 0 Å². The fourth-order valence-electron chi connectivity index (χ4n) is 1.50. The largest absolute Gasteiger partial charge is 0.436 e. The van der Waals surface area contributed by atoms with Crippen molar-refractivity contribution in [1.82, 2.24) is 9.72 Å². The van der Waals surface area contributed by atoms with Gasteiger partial charge in [-0.2, -0.15) is 13.2 Å². The van der Waals surface area contributed by atoms with Crippen molar-refractivity contribution in [1.29, 1.82) is 0 Å². The highest BCUT2D eigenvalue weighted by atomic mass is 19.4. The summed E-state index contributed by atoms with van der Waals surface area (Å²) < 4.78 is 43.0. The SMILES string of the molecule is Cc1c(C(=O)Nc2cc(C(F)(F)F)no2)ccn1C. The molecule has 0 atom stereocenters. The van der Waals surface area contributed by atoms with Crippen LogP contribution < -0.4 is 5.32 Å². The number of nitrogens with one attached hydrogen (secondary N) is 1. The second-order valence-corrected chi connectivity index (χ2v) is 3.95. The summed E-state index contributed by atoms with van der Waals surface area (Å²) in [5.41, 5.74) is -0.145. The van der Waals surface area contributed by atoms with Crippen molar-refractivity contribution >= 4 is 11.8 Å². The van der Waals surface area contributed by atoms with Crippen molar-refractivity contribution in [2.45, 2.75) is 13.1 Å². The highest BCUT2D eigenvalue weighted by Gasteiger charge is 2.35. The van der Waals surface area contributed by atoms with Gasteiger partial charge in [0.1, 0.15) is 0 Å². The van der Waals surface area contributed by atoms with E-state index >= 15 is 0 Å². The van der Waals surface area contributed by atoms with Gasteiger partial charge >= 0.3 is 6.18 Å². The summed E-state index contributed by atoms with van der Waals surface area (Å²) in [4.78, 5) is 11.8. The number of carbonyl (C=O) groups is 1. The molecule has 0 unspecified atom stereocenters. The fraction of sp³-hybridized carbons (Fsp3) is 0.273. The molecule has 0 aliphatic heterocycles. The number of halogens is 3. The molecule has 1 amide bonds. The van der Waals surface area contributed by atoms with Crippen LogP contribution in [0.15, 0.2) is 22.9 Å². The molecular formula is C11H10F3N3O2. The molecule has 2 aromatic heterocycles. The van der Waals surface area contributed by atoms with E-state index in [1.54, 1.807) is 30.8 Å². The Hall–Kier alpha value is -2.25. The fourth-order valence-corrected chi connectivity index (χ4v) is 1.50. The monoisotopic (exact) mass is 273 g/mol. The number of aryl methyl sites for hydroxylation is 1. The van der Waals surface area contributed by atoms with Crippen molar-refractivity contribution in [3.63, 3.8) is 0 Å². The molecule has 8 heteroatoms. The first kappa shape index (κ1) is 13.2. The molecule has 0 radical (unpaired) electrons. The number of anilines is 1. The molecule has 0 bridgehead atoms. The lowest BCUT2D eigenvalue weighted by Crippen LogP contribution is -2.12. The Bertz CT molecular complexity index is 613. The number of hydrogen-bond acceptors (Lipinski definition) is 3. The number of amides is 1. The standard InChI is InChI=1S/C11H10F3N3O2/c1-6-7(3-4-17(6)2)10(18)15-9-5-8(16-19-9)11(12,13)14/h3-5H,1-2H3,(H,15,18). The van der Waals surface area contributed by atoms with Crippen molar-refractivity contribution in [3.05, 3.63) is 35.3 Å². The molecule has 2 aromatic rings. The Labute approximate surface area is 106 Å². The van der Waals surface area contributed by atoms with Gasteiger partial charge in [-0.3, -0.25) is 10.1 Å². The van der Waals surface area contributed by atoms with Crippen LogP contribution in [0.4, 0.5) is 19.1 Å². The first-order chi connectivity index (χ1) is 8.79. The third-order valence-electron chi connectivity index (χ3n) is 2.67. The van der Waals surface area contributed by atoms with Crippen LogP contribution in [0.2, 0.25) is 0 Å². The Morgan fingerprint density at radius 2 is 2.16 bits per heavy atom. The summed E-state index contributed by atoms with van der Waals surface area (Å²) in [5, 5.41) is 5.07. The molecule has 0 spiro atoms. The van der Waals surface area contributed by atoms with Crippen LogP contribution in [0.1, 0.15) is 21.7 Å². The topological polar surface area (TPSA) is 60.1 Å². The predicted octanol–water partition coefficient (Wildman–Crippen LogP) is 2.59. The first-order valence-corrected chi connectivity index (χ1v) is 5.26. The van der Waals surface area contributed by atoms with E-state index in [-0.39, 0.29) is 5.88 Å². The van der Waals surface area contributed by atoms with Gasteiger partial charge in [0.15, 0.2) is 5.69 Å². The Morgan fingerprint density at radius 3 is 2.63 bits per heavy atom. The Balaban J connectivity index is 2.16. The van der Waals surface area contributed by atoms with Gasteiger partial charge in [0.2, 0.25) is 5.88 Å². The molecule has 19 heavy (non-hydrogen) atoms. The van der Waals surface area contributed by atoms with E-state index < -0.39 is 17.8 Å². The predicted molar refractivity (Wildman–Crippen MR) is 59.6 cm³/mol. The minimum Gasteiger partial charge on any atom is -0.354 e. The molecular weight excluding hydrogens is 263 g/mol. The molecule has 0 aliphatic rings. The molecule has 0 aliphatic carbocycles. The number of alkyl halides is 3. The average molecular weight is 273 g/mol. The highest BCUT2D eigenvalue weighted by molar-refractivity contribution is 6.04. The second-order valence-electron chi connectivity index (χ2n) is 3.95. The van der Waals surface area contributed by atoms with Crippen LogP contribution >= 0.6 is 0 Å². The maximum Gasteiger partial charge on any atom is 0.436 e. The van der Waals surface area contributed by atoms with Crippen molar-refractivity contribution < 1.29 is 22.5 Å². The van der Waals surface area contributed by atoms with Gasteiger partial charge in [-0.1, -0.05) is 5.16 Å². The minimum absolute atomic E-state index is 0.347. The van der Waals surface area contributed by atoms with Gasteiger partial charge in [-0.15, -0.1) is 0 Å². The zero-order valence-electron chi connectivity index (χ0n) is 10.1. The third kappa shape index (κ3) is 2.61. The van der Waals surface area contributed by atoms with Crippen LogP contribution in [-0.2, 0) is 13.2 Å². The van der Waals surface area contributed by atoms with E-state index in [9.17, 15) is 18.0 Å². The molecule has 102 valence electrons. The average Bonchev–Trinajstić information content (AvgIpc) is 2.87. The number of carbonyl (C=O) groups excluding carboxylic acids is 1. The van der Waals surface area contributed by atoms with E-state index in [1.165, 1.54) is 0 Å². The molecule has 0 saturated heterocycles. The van der Waals surface area contributed by atoms with E-state index in [1.807, 2.05) is 0 Å². The molecule has 2 rings (SSSR count). The number of hydrogen-bond donors (Lipinski definition) is 1. The Morgan fingerprint density at radius 1 is 1.47 bits per heavy atom. The molecule has 0 saturated carbocycles. The smallest absolute Gasteiger partial charge is 0.354 e. The zero-order chi connectivity index (χ0) is 14.2. The number of aromatic nitrogens is 2. The van der Waals surface area contributed by atoms with Crippen LogP contribution in [0.3, 0.4) is 0 Å². The van der Waals surface area contributed by atoms with E-state index in [0.717, 1.165) is 0 Å². The van der Waals surface area contributed by atoms with Crippen LogP contribution in [0, 0.1) is 6.92 Å². The Kier molecular flexibility index (Phi) is 3.09. The maximum absolute atomic E-state index is 12.3. The van der Waals surface area contributed by atoms with Gasteiger partial charge in [-0.25, -0.2) is 0 Å². The van der Waals surface area contributed by atoms with Crippen molar-refractivity contribution in [2.75, 3.05) is 5.32 Å². The minimum atomic E-state index is -4.60. The maximum atomic E-state index is 12.3. The summed E-state index contributed by atoms with van der Waals surface area (Å²) in [6.07, 6.45) is -2.93. The lowest BCUT2D eigenvalue weighted by atomic mass is 10.2. The van der Waals surface area contributed by atoms with E-state index in [4.69, 9.17) is 0 Å². The molecule has 1 N–H and O–H groups in total. The van der Waals surface area contributed by atoms with Gasteiger partial charge in [0.25, 0.3) is 5.91 Å². The van der Waals surface area contributed by atoms with Crippen LogP contribution in [0.5, 0.6) is 0 Å². The van der Waals surface area contributed by atoms with Crippen molar-refractivity contribution in [3.8, 4) is 0 Å². The first-order valence-electron chi connectivity index (χ1n) is 5.26. The summed E-state index contributed by atoms with van der Waals surface area (Å²) in [6, 6.07) is 2.20. The lowest BCUT2D eigenvalue weighted by Gasteiger charge is -2.01. The second kappa shape index (κ2) is 4.45. The molecule has 0 aromatic carbocycles. The molecule has 5 nitrogen and oxygen atoms in total. The molecule has 2 heterocycles. The summed E-state index contributed by atoms with van der Waals surface area (Å²) in [6.45, 7) is 1.72. The van der Waals surface area contributed by atoms with E-state index in [0.29, 0.717) is 17.3 Å². The van der Waals surface area contributed by atoms with Gasteiger partial charge < -0.3 is 9.09 Å². The number of nitrogens with zero attached hydrogens (tertiary/aromatic N) is 2. The van der Waals surface area contributed by atoms with Gasteiger partial charge in [0.05, 0.1) is 5.56 Å². The van der Waals surface area contributed by atoms with E-state index in [2.05, 4.69) is 15.0 Å². The lowest BCUT2D eigenvalue weighted by molar-refractivity contribution is -0.142. The van der Waals surface area contributed by atoms with Gasteiger partial charge in [-0.05, 0) is 13.0 Å². The van der Waals surface area contributed by atoms with Crippen molar-refractivity contribution in [2.24, 2.45) is 7.05 Å². The zero-order valence-corrected chi connectivity index (χ0v) is 10.1.